The quantitative estimate of drug-likeness (QED) is 0.659. The highest BCUT2D eigenvalue weighted by atomic mass is 35.5. The molecule has 0 nitrogen and oxygen atoms in total. The molecule has 0 aliphatic rings. The van der Waals surface area contributed by atoms with Crippen molar-refractivity contribution in [3.05, 3.63) is 34.9 Å². The van der Waals surface area contributed by atoms with Crippen LogP contribution in [0.3, 0.4) is 0 Å². The van der Waals surface area contributed by atoms with Gasteiger partial charge in [0, 0.05) is 11.8 Å². The maximum absolute atomic E-state index is 5.83. The van der Waals surface area contributed by atoms with E-state index in [1.807, 2.05) is 0 Å². The molecule has 0 saturated carbocycles. The van der Waals surface area contributed by atoms with E-state index in [0.717, 1.165) is 11.1 Å². The Bertz CT molecular complexity index is 288. The first-order valence-electron chi connectivity index (χ1n) is 4.72. The number of hydrogen-bond acceptors (Lipinski definition) is 0. The Hall–Kier alpha value is -0.200. The molecule has 0 unspecified atom stereocenters. The lowest BCUT2D eigenvalue weighted by atomic mass is 9.85. The Balaban J connectivity index is 3.17. The standard InChI is InChI=1S/C12H16Cl2/c1-12(2,3)11-5-9(7-13)4-10(6-11)8-14/h4-6H,7-8H2,1-3H3. The summed E-state index contributed by atoms with van der Waals surface area (Å²) >= 11 is 11.7. The Morgan fingerprint density at radius 3 is 1.64 bits per heavy atom. The van der Waals surface area contributed by atoms with Crippen molar-refractivity contribution in [2.75, 3.05) is 0 Å². The lowest BCUT2D eigenvalue weighted by molar-refractivity contribution is 0.589. The summed E-state index contributed by atoms with van der Waals surface area (Å²) in [4.78, 5) is 0. The van der Waals surface area contributed by atoms with Gasteiger partial charge in [0.05, 0.1) is 0 Å². The lowest BCUT2D eigenvalue weighted by Gasteiger charge is -2.20. The van der Waals surface area contributed by atoms with E-state index in [4.69, 9.17) is 23.2 Å². The third kappa shape index (κ3) is 2.90. The van der Waals surface area contributed by atoms with Crippen LogP contribution >= 0.6 is 23.2 Å². The normalized spacial score (nSPS) is 11.8. The topological polar surface area (TPSA) is 0 Å². The molecule has 0 radical (unpaired) electrons. The van der Waals surface area contributed by atoms with Crippen molar-refractivity contribution in [3.63, 3.8) is 0 Å². The summed E-state index contributed by atoms with van der Waals surface area (Å²) in [7, 11) is 0. The van der Waals surface area contributed by atoms with Gasteiger partial charge < -0.3 is 0 Å². The average molecular weight is 231 g/mol. The van der Waals surface area contributed by atoms with Crippen LogP contribution in [0.15, 0.2) is 18.2 Å². The lowest BCUT2D eigenvalue weighted by Crippen LogP contribution is -2.11. The zero-order chi connectivity index (χ0) is 10.8. The fraction of sp³-hybridized carbons (Fsp3) is 0.500. The summed E-state index contributed by atoms with van der Waals surface area (Å²) in [5, 5.41) is 0. The Morgan fingerprint density at radius 1 is 0.929 bits per heavy atom. The third-order valence-electron chi connectivity index (χ3n) is 2.23. The number of rotatable bonds is 2. The van der Waals surface area contributed by atoms with Gasteiger partial charge in [-0.1, -0.05) is 39.0 Å². The van der Waals surface area contributed by atoms with Crippen molar-refractivity contribution in [3.8, 4) is 0 Å². The fourth-order valence-electron chi connectivity index (χ4n) is 1.35. The summed E-state index contributed by atoms with van der Waals surface area (Å²) in [5.41, 5.74) is 3.75. The van der Waals surface area contributed by atoms with Crippen LogP contribution in [0.2, 0.25) is 0 Å². The molecule has 78 valence electrons. The van der Waals surface area contributed by atoms with Crippen LogP contribution in [0.1, 0.15) is 37.5 Å². The second-order valence-corrected chi connectivity index (χ2v) is 5.09. The Labute approximate surface area is 96.2 Å². The van der Waals surface area contributed by atoms with E-state index in [9.17, 15) is 0 Å². The predicted octanol–water partition coefficient (Wildman–Crippen LogP) is 4.46. The van der Waals surface area contributed by atoms with Crippen LogP contribution in [0.4, 0.5) is 0 Å². The van der Waals surface area contributed by atoms with Crippen LogP contribution in [0.5, 0.6) is 0 Å². The van der Waals surface area contributed by atoms with Crippen molar-refractivity contribution in [1.82, 2.24) is 0 Å². The molecule has 0 aliphatic carbocycles. The SMILES string of the molecule is CC(C)(C)c1cc(CCl)cc(CCl)c1. The maximum atomic E-state index is 5.83. The van der Waals surface area contributed by atoms with Crippen LogP contribution in [-0.2, 0) is 17.2 Å². The van der Waals surface area contributed by atoms with E-state index in [0.29, 0.717) is 11.8 Å². The molecule has 0 aromatic heterocycles. The molecule has 1 rings (SSSR count). The fourth-order valence-corrected chi connectivity index (χ4v) is 1.66. The molecule has 1 aromatic rings. The minimum atomic E-state index is 0.156. The molecule has 0 amide bonds. The molecule has 0 atom stereocenters. The van der Waals surface area contributed by atoms with E-state index in [2.05, 4.69) is 39.0 Å². The first-order chi connectivity index (χ1) is 6.47. The van der Waals surface area contributed by atoms with Crippen molar-refractivity contribution in [1.29, 1.82) is 0 Å². The zero-order valence-corrected chi connectivity index (χ0v) is 10.4. The van der Waals surface area contributed by atoms with E-state index in [1.165, 1.54) is 5.56 Å². The van der Waals surface area contributed by atoms with Gasteiger partial charge >= 0.3 is 0 Å². The average Bonchev–Trinajstić information content (AvgIpc) is 2.15. The van der Waals surface area contributed by atoms with Crippen molar-refractivity contribution >= 4 is 23.2 Å². The van der Waals surface area contributed by atoms with E-state index >= 15 is 0 Å². The number of halogens is 2. The van der Waals surface area contributed by atoms with Gasteiger partial charge in [0.1, 0.15) is 0 Å². The van der Waals surface area contributed by atoms with E-state index in [-0.39, 0.29) is 5.41 Å². The summed E-state index contributed by atoms with van der Waals surface area (Å²) in [6, 6.07) is 6.38. The van der Waals surface area contributed by atoms with Crippen molar-refractivity contribution in [2.45, 2.75) is 37.9 Å². The molecular weight excluding hydrogens is 215 g/mol. The van der Waals surface area contributed by atoms with Gasteiger partial charge in [0.2, 0.25) is 0 Å². The molecule has 0 N–H and O–H groups in total. The third-order valence-corrected chi connectivity index (χ3v) is 2.84. The molecule has 0 spiro atoms. The van der Waals surface area contributed by atoms with Gasteiger partial charge in [0.15, 0.2) is 0 Å². The number of alkyl halides is 2. The molecule has 0 aliphatic heterocycles. The summed E-state index contributed by atoms with van der Waals surface area (Å²) in [6.45, 7) is 6.58. The van der Waals surface area contributed by atoms with Crippen LogP contribution in [-0.4, -0.2) is 0 Å². The second kappa shape index (κ2) is 4.55. The minimum absolute atomic E-state index is 0.156. The van der Waals surface area contributed by atoms with Gasteiger partial charge in [-0.2, -0.15) is 0 Å². The first-order valence-corrected chi connectivity index (χ1v) is 5.79. The monoisotopic (exact) mass is 230 g/mol. The highest BCUT2D eigenvalue weighted by Gasteiger charge is 2.14. The number of benzene rings is 1. The largest absolute Gasteiger partial charge is 0.122 e. The smallest absolute Gasteiger partial charge is 0.0474 e. The Kier molecular flexibility index (Phi) is 3.86. The number of hydrogen-bond donors (Lipinski definition) is 0. The van der Waals surface area contributed by atoms with Crippen LogP contribution in [0, 0.1) is 0 Å². The van der Waals surface area contributed by atoms with E-state index in [1.54, 1.807) is 0 Å². The molecule has 0 fully saturated rings. The summed E-state index contributed by atoms with van der Waals surface area (Å²) < 4.78 is 0. The van der Waals surface area contributed by atoms with Gasteiger partial charge in [-0.15, -0.1) is 23.2 Å². The highest BCUT2D eigenvalue weighted by Crippen LogP contribution is 2.25. The van der Waals surface area contributed by atoms with Crippen molar-refractivity contribution < 1.29 is 0 Å². The Morgan fingerprint density at radius 2 is 1.36 bits per heavy atom. The molecule has 0 heterocycles. The molecular formula is C12H16Cl2. The van der Waals surface area contributed by atoms with Gasteiger partial charge in [-0.25, -0.2) is 0 Å². The predicted molar refractivity (Wildman–Crippen MR) is 64.3 cm³/mol. The zero-order valence-electron chi connectivity index (χ0n) is 8.90. The van der Waals surface area contributed by atoms with E-state index < -0.39 is 0 Å². The first kappa shape index (κ1) is 11.9. The minimum Gasteiger partial charge on any atom is -0.122 e. The second-order valence-electron chi connectivity index (χ2n) is 4.56. The summed E-state index contributed by atoms with van der Waals surface area (Å²) in [6.07, 6.45) is 0. The molecule has 14 heavy (non-hydrogen) atoms. The summed E-state index contributed by atoms with van der Waals surface area (Å²) in [5.74, 6) is 1.10. The van der Waals surface area contributed by atoms with Gasteiger partial charge in [-0.05, 0) is 22.1 Å². The molecule has 0 saturated heterocycles. The molecule has 1 aromatic carbocycles. The highest BCUT2D eigenvalue weighted by molar-refractivity contribution is 6.17. The maximum Gasteiger partial charge on any atom is 0.0474 e. The molecule has 2 heteroatoms. The van der Waals surface area contributed by atoms with Gasteiger partial charge in [0.25, 0.3) is 0 Å². The van der Waals surface area contributed by atoms with Crippen LogP contribution < -0.4 is 0 Å². The van der Waals surface area contributed by atoms with Gasteiger partial charge in [-0.3, -0.25) is 0 Å². The molecule has 0 bridgehead atoms. The van der Waals surface area contributed by atoms with Crippen molar-refractivity contribution in [2.24, 2.45) is 0 Å². The van der Waals surface area contributed by atoms with Crippen LogP contribution in [0.25, 0.3) is 0 Å².